The van der Waals surface area contributed by atoms with Gasteiger partial charge >= 0.3 is 11.6 Å². The minimum atomic E-state index is -0.650. The van der Waals surface area contributed by atoms with E-state index >= 15 is 0 Å². The summed E-state index contributed by atoms with van der Waals surface area (Å²) in [5.41, 5.74) is 1.37. The number of rotatable bonds is 3. The van der Waals surface area contributed by atoms with Crippen LogP contribution in [0.15, 0.2) is 68.9 Å². The Balaban J connectivity index is 1.60. The highest BCUT2D eigenvalue weighted by molar-refractivity contribution is 6.38. The third kappa shape index (κ3) is 3.42. The Bertz CT molecular complexity index is 1160. The lowest BCUT2D eigenvalue weighted by Gasteiger charge is -2.22. The zero-order valence-corrected chi connectivity index (χ0v) is 15.0. The molecule has 0 saturated heterocycles. The minimum absolute atomic E-state index is 0.147. The van der Waals surface area contributed by atoms with Gasteiger partial charge in [0.15, 0.2) is 0 Å². The van der Waals surface area contributed by atoms with Gasteiger partial charge in [0.05, 0.1) is 5.69 Å². The number of aryl methyl sites for hydroxylation is 1. The summed E-state index contributed by atoms with van der Waals surface area (Å²) in [7, 11) is 0. The topological polar surface area (TPSA) is 89.2 Å². The van der Waals surface area contributed by atoms with E-state index < -0.39 is 11.6 Å². The van der Waals surface area contributed by atoms with Crippen LogP contribution in [-0.4, -0.2) is 17.6 Å². The van der Waals surface area contributed by atoms with Crippen molar-refractivity contribution in [2.24, 2.45) is 5.10 Å². The second kappa shape index (κ2) is 7.11. The minimum Gasteiger partial charge on any atom is -0.423 e. The van der Waals surface area contributed by atoms with E-state index in [1.807, 2.05) is 6.07 Å². The van der Waals surface area contributed by atoms with E-state index in [0.29, 0.717) is 11.3 Å². The van der Waals surface area contributed by atoms with Gasteiger partial charge in [-0.1, -0.05) is 18.2 Å². The van der Waals surface area contributed by atoms with E-state index in [1.54, 1.807) is 43.3 Å². The van der Waals surface area contributed by atoms with Gasteiger partial charge in [0.2, 0.25) is 5.91 Å². The van der Waals surface area contributed by atoms with Crippen molar-refractivity contribution in [1.29, 1.82) is 0 Å². The molecule has 3 aromatic rings. The monoisotopic (exact) mass is 376 g/mol. The third-order valence-corrected chi connectivity index (χ3v) is 4.40. The largest absolute Gasteiger partial charge is 0.423 e. The molecule has 1 amide bonds. The molecule has 0 spiro atoms. The van der Waals surface area contributed by atoms with Gasteiger partial charge in [0.1, 0.15) is 17.0 Å². The van der Waals surface area contributed by atoms with E-state index in [9.17, 15) is 14.4 Å². The Labute approximate surface area is 159 Å². The molecule has 1 aromatic heterocycles. The summed E-state index contributed by atoms with van der Waals surface area (Å²) in [5, 5.41) is 6.14. The first-order valence-corrected chi connectivity index (χ1v) is 8.73. The zero-order chi connectivity index (χ0) is 19.7. The SMILES string of the molecule is Cc1cc(=O)oc2cc(OC(=O)C3=NN(c4ccccc4)C(=O)CC3)ccc12. The first-order chi connectivity index (χ1) is 13.5. The molecule has 7 heteroatoms. The zero-order valence-electron chi connectivity index (χ0n) is 15.0. The molecule has 0 aliphatic carbocycles. The van der Waals surface area contributed by atoms with Crippen LogP contribution in [0, 0.1) is 6.92 Å². The average Bonchev–Trinajstić information content (AvgIpc) is 2.68. The van der Waals surface area contributed by atoms with Gasteiger partial charge in [-0.05, 0) is 36.8 Å². The molecule has 0 fully saturated rings. The molecule has 1 aliphatic heterocycles. The van der Waals surface area contributed by atoms with Gasteiger partial charge in [-0.3, -0.25) is 4.79 Å². The Morgan fingerprint density at radius 2 is 1.86 bits per heavy atom. The van der Waals surface area contributed by atoms with Gasteiger partial charge in [-0.15, -0.1) is 0 Å². The Morgan fingerprint density at radius 1 is 1.07 bits per heavy atom. The number of nitrogens with zero attached hydrogens (tertiary/aromatic N) is 2. The highest BCUT2D eigenvalue weighted by Gasteiger charge is 2.26. The van der Waals surface area contributed by atoms with Crippen molar-refractivity contribution in [3.63, 3.8) is 0 Å². The summed E-state index contributed by atoms with van der Waals surface area (Å²) in [4.78, 5) is 36.2. The maximum atomic E-state index is 12.5. The number of ether oxygens (including phenoxy) is 1. The van der Waals surface area contributed by atoms with Crippen LogP contribution in [0.3, 0.4) is 0 Å². The fourth-order valence-electron chi connectivity index (χ4n) is 3.01. The number of hydrazone groups is 1. The Hall–Kier alpha value is -3.74. The predicted octanol–water partition coefficient (Wildman–Crippen LogP) is 3.19. The number of carbonyl (C=O) groups excluding carboxylic acids is 2. The highest BCUT2D eigenvalue weighted by Crippen LogP contribution is 2.24. The molecule has 2 aromatic carbocycles. The Morgan fingerprint density at radius 3 is 2.64 bits per heavy atom. The van der Waals surface area contributed by atoms with Crippen molar-refractivity contribution in [2.75, 3.05) is 5.01 Å². The second-order valence-electron chi connectivity index (χ2n) is 6.38. The maximum absolute atomic E-state index is 12.5. The second-order valence-corrected chi connectivity index (χ2v) is 6.38. The summed E-state index contributed by atoms with van der Waals surface area (Å²) in [5.74, 6) is -0.606. The molecule has 7 nitrogen and oxygen atoms in total. The number of para-hydroxylation sites is 1. The molecule has 28 heavy (non-hydrogen) atoms. The lowest BCUT2D eigenvalue weighted by atomic mass is 10.1. The first-order valence-electron chi connectivity index (χ1n) is 8.73. The summed E-state index contributed by atoms with van der Waals surface area (Å²) in [6, 6.07) is 15.1. The van der Waals surface area contributed by atoms with Crippen LogP contribution >= 0.6 is 0 Å². The smallest absolute Gasteiger partial charge is 0.359 e. The van der Waals surface area contributed by atoms with Crippen LogP contribution in [0.25, 0.3) is 11.0 Å². The van der Waals surface area contributed by atoms with Gasteiger partial charge in [-0.2, -0.15) is 5.10 Å². The molecular formula is C21H16N2O5. The van der Waals surface area contributed by atoms with Crippen LogP contribution in [0.2, 0.25) is 0 Å². The first kappa shape index (κ1) is 17.7. The van der Waals surface area contributed by atoms with E-state index in [1.165, 1.54) is 17.1 Å². The number of benzene rings is 2. The molecule has 0 radical (unpaired) electrons. The van der Waals surface area contributed by atoms with E-state index in [-0.39, 0.29) is 30.2 Å². The average molecular weight is 376 g/mol. The van der Waals surface area contributed by atoms with Crippen LogP contribution < -0.4 is 15.4 Å². The van der Waals surface area contributed by atoms with Crippen molar-refractivity contribution >= 4 is 34.2 Å². The molecule has 0 N–H and O–H groups in total. The molecule has 0 bridgehead atoms. The van der Waals surface area contributed by atoms with Crippen molar-refractivity contribution < 1.29 is 18.7 Å². The van der Waals surface area contributed by atoms with Gasteiger partial charge in [0.25, 0.3) is 0 Å². The number of anilines is 1. The molecule has 140 valence electrons. The molecule has 0 atom stereocenters. The van der Waals surface area contributed by atoms with Gasteiger partial charge in [0, 0.05) is 30.4 Å². The summed E-state index contributed by atoms with van der Waals surface area (Å²) >= 11 is 0. The molecule has 4 rings (SSSR count). The van der Waals surface area contributed by atoms with E-state index in [4.69, 9.17) is 9.15 Å². The fraction of sp³-hybridized carbons (Fsp3) is 0.143. The van der Waals surface area contributed by atoms with Gasteiger partial charge < -0.3 is 9.15 Å². The van der Waals surface area contributed by atoms with Crippen LogP contribution in [0.5, 0.6) is 5.75 Å². The van der Waals surface area contributed by atoms with Crippen molar-refractivity contribution in [2.45, 2.75) is 19.8 Å². The summed E-state index contributed by atoms with van der Waals surface area (Å²) < 4.78 is 10.6. The van der Waals surface area contributed by atoms with Crippen molar-refractivity contribution in [3.05, 3.63) is 70.6 Å². The lowest BCUT2D eigenvalue weighted by molar-refractivity contribution is -0.127. The Kier molecular flexibility index (Phi) is 4.49. The summed E-state index contributed by atoms with van der Waals surface area (Å²) in [6.45, 7) is 1.80. The lowest BCUT2D eigenvalue weighted by Crippen LogP contribution is -2.35. The fourth-order valence-corrected chi connectivity index (χ4v) is 3.01. The normalized spacial score (nSPS) is 14.1. The number of hydrogen-bond donors (Lipinski definition) is 0. The van der Waals surface area contributed by atoms with Crippen LogP contribution in [0.4, 0.5) is 5.69 Å². The quantitative estimate of drug-likeness (QED) is 0.398. The molecule has 2 heterocycles. The number of hydrogen-bond acceptors (Lipinski definition) is 6. The predicted molar refractivity (Wildman–Crippen MR) is 103 cm³/mol. The number of esters is 1. The standard InChI is InChI=1S/C21H16N2O5/c1-13-11-20(25)28-18-12-15(7-8-16(13)18)27-21(26)17-9-10-19(24)23(22-17)14-5-3-2-4-6-14/h2-8,11-12H,9-10H2,1H3. The number of carbonyl (C=O) groups is 2. The van der Waals surface area contributed by atoms with Gasteiger partial charge in [-0.25, -0.2) is 14.6 Å². The van der Waals surface area contributed by atoms with E-state index in [0.717, 1.165) is 10.9 Å². The summed E-state index contributed by atoms with van der Waals surface area (Å²) in [6.07, 6.45) is 0.359. The van der Waals surface area contributed by atoms with Crippen LogP contribution in [0.1, 0.15) is 18.4 Å². The third-order valence-electron chi connectivity index (χ3n) is 4.40. The highest BCUT2D eigenvalue weighted by atomic mass is 16.5. The van der Waals surface area contributed by atoms with Crippen molar-refractivity contribution in [1.82, 2.24) is 0 Å². The van der Waals surface area contributed by atoms with Crippen molar-refractivity contribution in [3.8, 4) is 5.75 Å². The molecular weight excluding hydrogens is 360 g/mol. The molecule has 0 unspecified atom stereocenters. The molecule has 0 saturated carbocycles. The molecule has 1 aliphatic rings. The number of amides is 1. The maximum Gasteiger partial charge on any atom is 0.359 e. The number of fused-ring (bicyclic) bond motifs is 1. The van der Waals surface area contributed by atoms with Crippen LogP contribution in [-0.2, 0) is 9.59 Å². The van der Waals surface area contributed by atoms with E-state index in [2.05, 4.69) is 5.10 Å².